The summed E-state index contributed by atoms with van der Waals surface area (Å²) in [5.74, 6) is -1.87. The van der Waals surface area contributed by atoms with E-state index >= 15 is 0 Å². The Hall–Kier alpha value is -3.23. The molecule has 4 rings (SSSR count). The molecule has 30 heavy (non-hydrogen) atoms. The highest BCUT2D eigenvalue weighted by Gasteiger charge is 2.15. The number of nitrogens with zero attached hydrogens (tertiary/aromatic N) is 1. The van der Waals surface area contributed by atoms with E-state index in [-0.39, 0.29) is 17.0 Å². The van der Waals surface area contributed by atoms with Gasteiger partial charge in [-0.2, -0.15) is 0 Å². The van der Waals surface area contributed by atoms with Crippen molar-refractivity contribution in [2.75, 3.05) is 0 Å². The maximum absolute atomic E-state index is 13.9. The molecule has 0 saturated heterocycles. The van der Waals surface area contributed by atoms with Crippen LogP contribution < -0.4 is 4.72 Å². The summed E-state index contributed by atoms with van der Waals surface area (Å²) in [5, 5.41) is 0.516. The standard InChI is InChI=1S/C22H15F3N2O2S/c23-16-4-8-22-20(11-16)15(9-10-26-22)13-27-30(28,29)18-5-1-14(2-6-18)19-7-3-17(24)12-21(19)25/h1-12,27H,13H2. The van der Waals surface area contributed by atoms with Crippen LogP contribution in [0, 0.1) is 17.5 Å². The summed E-state index contributed by atoms with van der Waals surface area (Å²) in [7, 11) is -3.87. The molecule has 1 N–H and O–H groups in total. The highest BCUT2D eigenvalue weighted by molar-refractivity contribution is 7.89. The van der Waals surface area contributed by atoms with Gasteiger partial charge in [0.1, 0.15) is 17.5 Å². The number of halogens is 3. The molecular weight excluding hydrogens is 413 g/mol. The molecule has 1 aromatic heterocycles. The van der Waals surface area contributed by atoms with Gasteiger partial charge in [0.15, 0.2) is 0 Å². The molecule has 1 heterocycles. The topological polar surface area (TPSA) is 59.1 Å². The molecule has 3 aromatic carbocycles. The molecule has 0 atom stereocenters. The number of hydrogen-bond acceptors (Lipinski definition) is 3. The van der Waals surface area contributed by atoms with E-state index in [1.807, 2.05) is 0 Å². The van der Waals surface area contributed by atoms with Crippen LogP contribution >= 0.6 is 0 Å². The smallest absolute Gasteiger partial charge is 0.240 e. The van der Waals surface area contributed by atoms with Gasteiger partial charge in [-0.05, 0) is 59.7 Å². The first-order valence-corrected chi connectivity index (χ1v) is 10.4. The molecule has 4 nitrogen and oxygen atoms in total. The Morgan fingerprint density at radius 1 is 0.833 bits per heavy atom. The van der Waals surface area contributed by atoms with E-state index in [1.54, 1.807) is 6.07 Å². The lowest BCUT2D eigenvalue weighted by Crippen LogP contribution is -2.23. The lowest BCUT2D eigenvalue weighted by Gasteiger charge is -2.10. The summed E-state index contributed by atoms with van der Waals surface area (Å²) >= 11 is 0. The van der Waals surface area contributed by atoms with E-state index in [1.165, 1.54) is 54.7 Å². The normalized spacial score (nSPS) is 11.7. The predicted molar refractivity (Wildman–Crippen MR) is 108 cm³/mol. The van der Waals surface area contributed by atoms with E-state index in [0.717, 1.165) is 12.1 Å². The molecular formula is C22H15F3N2O2S. The third kappa shape index (κ3) is 4.05. The molecule has 0 saturated carbocycles. The average Bonchev–Trinajstić information content (AvgIpc) is 2.72. The maximum atomic E-state index is 13.9. The monoisotopic (exact) mass is 428 g/mol. The van der Waals surface area contributed by atoms with Crippen molar-refractivity contribution in [2.45, 2.75) is 11.4 Å². The highest BCUT2D eigenvalue weighted by Crippen LogP contribution is 2.25. The van der Waals surface area contributed by atoms with E-state index < -0.39 is 27.5 Å². The quantitative estimate of drug-likeness (QED) is 0.497. The second-order valence-electron chi connectivity index (χ2n) is 6.60. The summed E-state index contributed by atoms with van der Waals surface area (Å²) < 4.78 is 68.3. The molecule has 0 bridgehead atoms. The van der Waals surface area contributed by atoms with Crippen molar-refractivity contribution in [3.8, 4) is 11.1 Å². The number of rotatable bonds is 5. The van der Waals surface area contributed by atoms with Crippen LogP contribution in [0.3, 0.4) is 0 Å². The van der Waals surface area contributed by atoms with Gasteiger partial charge in [-0.1, -0.05) is 12.1 Å². The SMILES string of the molecule is O=S(=O)(NCc1ccnc2ccc(F)cc12)c1ccc(-c2ccc(F)cc2F)cc1. The summed E-state index contributed by atoms with van der Waals surface area (Å²) in [5.41, 5.74) is 1.72. The Morgan fingerprint density at radius 3 is 2.27 bits per heavy atom. The Kier molecular flexibility index (Phi) is 5.27. The van der Waals surface area contributed by atoms with Crippen LogP contribution in [0.1, 0.15) is 5.56 Å². The number of hydrogen-bond donors (Lipinski definition) is 1. The van der Waals surface area contributed by atoms with Crippen LogP contribution in [0.2, 0.25) is 0 Å². The molecule has 0 spiro atoms. The van der Waals surface area contributed by atoms with Crippen LogP contribution in [0.15, 0.2) is 77.8 Å². The van der Waals surface area contributed by atoms with Crippen molar-refractivity contribution in [1.29, 1.82) is 0 Å². The summed E-state index contributed by atoms with van der Waals surface area (Å²) in [6.07, 6.45) is 1.52. The molecule has 0 radical (unpaired) electrons. The average molecular weight is 428 g/mol. The van der Waals surface area contributed by atoms with E-state index in [4.69, 9.17) is 0 Å². The second-order valence-corrected chi connectivity index (χ2v) is 8.37. The minimum atomic E-state index is -3.87. The summed E-state index contributed by atoms with van der Waals surface area (Å²) in [6, 6.07) is 14.5. The predicted octanol–water partition coefficient (Wildman–Crippen LogP) is 4.80. The zero-order valence-electron chi connectivity index (χ0n) is 15.4. The van der Waals surface area contributed by atoms with Gasteiger partial charge in [0.05, 0.1) is 10.4 Å². The number of benzene rings is 3. The van der Waals surface area contributed by atoms with Crippen molar-refractivity contribution >= 4 is 20.9 Å². The second kappa shape index (κ2) is 7.89. The Morgan fingerprint density at radius 2 is 1.53 bits per heavy atom. The van der Waals surface area contributed by atoms with E-state index in [2.05, 4.69) is 9.71 Å². The fourth-order valence-corrected chi connectivity index (χ4v) is 4.13. The van der Waals surface area contributed by atoms with Crippen LogP contribution in [0.25, 0.3) is 22.0 Å². The van der Waals surface area contributed by atoms with Crippen molar-refractivity contribution in [3.63, 3.8) is 0 Å². The largest absolute Gasteiger partial charge is 0.256 e. The van der Waals surface area contributed by atoms with Gasteiger partial charge in [-0.15, -0.1) is 0 Å². The van der Waals surface area contributed by atoms with Crippen molar-refractivity contribution in [1.82, 2.24) is 9.71 Å². The Balaban J connectivity index is 1.56. The van der Waals surface area contributed by atoms with Crippen molar-refractivity contribution < 1.29 is 21.6 Å². The fraction of sp³-hybridized carbons (Fsp3) is 0.0455. The van der Waals surface area contributed by atoms with Crippen LogP contribution in [0.5, 0.6) is 0 Å². The van der Waals surface area contributed by atoms with Gasteiger partial charge < -0.3 is 0 Å². The fourth-order valence-electron chi connectivity index (χ4n) is 3.12. The van der Waals surface area contributed by atoms with Gasteiger partial charge in [-0.25, -0.2) is 26.3 Å². The molecule has 8 heteroatoms. The van der Waals surface area contributed by atoms with Gasteiger partial charge in [0.25, 0.3) is 0 Å². The van der Waals surface area contributed by atoms with Gasteiger partial charge in [0.2, 0.25) is 10.0 Å². The molecule has 0 amide bonds. The zero-order chi connectivity index (χ0) is 21.3. The summed E-state index contributed by atoms with van der Waals surface area (Å²) in [6.45, 7) is -0.0564. The minimum absolute atomic E-state index is 0.0155. The molecule has 0 unspecified atom stereocenters. The minimum Gasteiger partial charge on any atom is -0.256 e. The van der Waals surface area contributed by atoms with Crippen molar-refractivity contribution in [3.05, 3.63) is 95.9 Å². The van der Waals surface area contributed by atoms with Gasteiger partial charge in [0, 0.05) is 29.8 Å². The number of pyridine rings is 1. The number of nitrogens with one attached hydrogen (secondary N) is 1. The third-order valence-electron chi connectivity index (χ3n) is 4.65. The first-order valence-electron chi connectivity index (χ1n) is 8.92. The summed E-state index contributed by atoms with van der Waals surface area (Å²) in [4.78, 5) is 4.12. The number of aromatic nitrogens is 1. The van der Waals surface area contributed by atoms with Gasteiger partial charge >= 0.3 is 0 Å². The van der Waals surface area contributed by atoms with E-state index in [9.17, 15) is 21.6 Å². The molecule has 152 valence electrons. The molecule has 0 aliphatic rings. The maximum Gasteiger partial charge on any atom is 0.240 e. The van der Waals surface area contributed by atoms with E-state index in [0.29, 0.717) is 22.0 Å². The van der Waals surface area contributed by atoms with Crippen LogP contribution in [-0.4, -0.2) is 13.4 Å². The first kappa shape index (κ1) is 20.1. The van der Waals surface area contributed by atoms with Crippen LogP contribution in [0.4, 0.5) is 13.2 Å². The lowest BCUT2D eigenvalue weighted by atomic mass is 10.1. The van der Waals surface area contributed by atoms with Crippen LogP contribution in [-0.2, 0) is 16.6 Å². The van der Waals surface area contributed by atoms with Gasteiger partial charge in [-0.3, -0.25) is 4.98 Å². The molecule has 0 fully saturated rings. The molecule has 0 aliphatic carbocycles. The third-order valence-corrected chi connectivity index (χ3v) is 6.07. The Labute approximate surface area is 171 Å². The number of fused-ring (bicyclic) bond motifs is 1. The van der Waals surface area contributed by atoms with Crippen molar-refractivity contribution in [2.24, 2.45) is 0 Å². The Bertz CT molecular complexity index is 1340. The zero-order valence-corrected chi connectivity index (χ0v) is 16.3. The lowest BCUT2D eigenvalue weighted by molar-refractivity contribution is 0.581. The number of sulfonamides is 1. The first-order chi connectivity index (χ1) is 14.3. The molecule has 4 aromatic rings. The molecule has 0 aliphatic heterocycles. The highest BCUT2D eigenvalue weighted by atomic mass is 32.2.